The number of hydrogen-bond donors (Lipinski definition) is 1. The topological polar surface area (TPSA) is 35.5 Å². The lowest BCUT2D eigenvalue weighted by Gasteiger charge is -2.09. The number of esters is 1. The van der Waals surface area contributed by atoms with Crippen LogP contribution in [0.2, 0.25) is 0 Å². The van der Waals surface area contributed by atoms with E-state index in [1.807, 2.05) is 0 Å². The third-order valence-electron chi connectivity index (χ3n) is 2.97. The SMILES string of the molecule is COC(=O)/C(C)=C/c1cc(F)c(Oc2ccc(S)cc2)c(F)c1. The van der Waals surface area contributed by atoms with Gasteiger partial charge in [0.15, 0.2) is 17.4 Å². The van der Waals surface area contributed by atoms with Crippen LogP contribution in [-0.2, 0) is 9.53 Å². The van der Waals surface area contributed by atoms with Crippen molar-refractivity contribution in [3.05, 3.63) is 59.2 Å². The number of hydrogen-bond acceptors (Lipinski definition) is 4. The minimum Gasteiger partial charge on any atom is -0.466 e. The van der Waals surface area contributed by atoms with Crippen molar-refractivity contribution in [2.45, 2.75) is 11.8 Å². The second-order valence-corrected chi connectivity index (χ2v) is 5.24. The van der Waals surface area contributed by atoms with Crippen molar-refractivity contribution in [1.82, 2.24) is 0 Å². The fourth-order valence-electron chi connectivity index (χ4n) is 1.86. The summed E-state index contributed by atoms with van der Waals surface area (Å²) in [4.78, 5) is 12.0. The normalized spacial score (nSPS) is 11.3. The molecule has 3 nitrogen and oxygen atoms in total. The van der Waals surface area contributed by atoms with Crippen LogP contribution in [0.1, 0.15) is 12.5 Å². The molecule has 0 unspecified atom stereocenters. The summed E-state index contributed by atoms with van der Waals surface area (Å²) in [6.07, 6.45) is 1.33. The molecule has 0 radical (unpaired) electrons. The number of benzene rings is 2. The van der Waals surface area contributed by atoms with E-state index >= 15 is 0 Å². The first-order valence-corrected chi connectivity index (χ1v) is 7.08. The molecule has 0 heterocycles. The van der Waals surface area contributed by atoms with Gasteiger partial charge in [0.2, 0.25) is 0 Å². The zero-order chi connectivity index (χ0) is 17.0. The van der Waals surface area contributed by atoms with Gasteiger partial charge in [0.25, 0.3) is 0 Å². The summed E-state index contributed by atoms with van der Waals surface area (Å²) >= 11 is 4.12. The molecule has 2 aromatic carbocycles. The molecule has 23 heavy (non-hydrogen) atoms. The van der Waals surface area contributed by atoms with Crippen molar-refractivity contribution in [3.63, 3.8) is 0 Å². The quantitative estimate of drug-likeness (QED) is 0.503. The molecular formula is C17H14F2O3S. The van der Waals surface area contributed by atoms with Crippen molar-refractivity contribution < 1.29 is 23.0 Å². The predicted octanol–water partition coefficient (Wildman–Crippen LogP) is 4.62. The van der Waals surface area contributed by atoms with E-state index in [1.165, 1.54) is 20.1 Å². The molecule has 0 aliphatic heterocycles. The molecule has 0 saturated carbocycles. The first-order valence-electron chi connectivity index (χ1n) is 6.63. The van der Waals surface area contributed by atoms with Gasteiger partial charge in [-0.1, -0.05) is 0 Å². The molecule has 0 aromatic heterocycles. The molecule has 2 aromatic rings. The number of carbonyl (C=O) groups is 1. The number of methoxy groups -OCH3 is 1. The van der Waals surface area contributed by atoms with Crippen molar-refractivity contribution in [3.8, 4) is 11.5 Å². The molecule has 0 aliphatic rings. The number of thiol groups is 1. The third kappa shape index (κ3) is 4.32. The van der Waals surface area contributed by atoms with Gasteiger partial charge in [-0.05, 0) is 55.0 Å². The van der Waals surface area contributed by atoms with E-state index in [0.29, 0.717) is 4.90 Å². The second-order valence-electron chi connectivity index (χ2n) is 4.73. The Balaban J connectivity index is 2.30. The molecule has 0 N–H and O–H groups in total. The molecule has 120 valence electrons. The molecule has 6 heteroatoms. The standard InChI is InChI=1S/C17H14F2O3S/c1-10(17(20)21-2)7-11-8-14(18)16(15(19)9-11)22-12-3-5-13(23)6-4-12/h3-9,23H,1-2H3/b10-7+. The van der Waals surface area contributed by atoms with Gasteiger partial charge in [-0.15, -0.1) is 12.6 Å². The van der Waals surface area contributed by atoms with Gasteiger partial charge in [-0.2, -0.15) is 0 Å². The molecule has 0 bridgehead atoms. The number of carbonyl (C=O) groups excluding carboxylic acids is 1. The van der Waals surface area contributed by atoms with E-state index in [9.17, 15) is 13.6 Å². The van der Waals surface area contributed by atoms with Gasteiger partial charge in [-0.3, -0.25) is 0 Å². The van der Waals surface area contributed by atoms with Crippen molar-refractivity contribution in [2.75, 3.05) is 7.11 Å². The summed E-state index contributed by atoms with van der Waals surface area (Å²) in [6, 6.07) is 8.55. The highest BCUT2D eigenvalue weighted by Crippen LogP contribution is 2.29. The number of rotatable bonds is 4. The molecule has 0 fully saturated rings. The molecule has 0 atom stereocenters. The Labute approximate surface area is 137 Å². The minimum absolute atomic E-state index is 0.195. The van der Waals surface area contributed by atoms with Gasteiger partial charge in [0.05, 0.1) is 7.11 Å². The molecule has 0 saturated heterocycles. The molecular weight excluding hydrogens is 322 g/mol. The Hall–Kier alpha value is -2.34. The van der Waals surface area contributed by atoms with Gasteiger partial charge in [0.1, 0.15) is 5.75 Å². The lowest BCUT2D eigenvalue weighted by Crippen LogP contribution is -2.01. The van der Waals surface area contributed by atoms with Crippen LogP contribution < -0.4 is 4.74 Å². The minimum atomic E-state index is -0.871. The fourth-order valence-corrected chi connectivity index (χ4v) is 2.01. The maximum absolute atomic E-state index is 14.1. The van der Waals surface area contributed by atoms with E-state index in [-0.39, 0.29) is 16.9 Å². The van der Waals surface area contributed by atoms with Crippen LogP contribution in [0.3, 0.4) is 0 Å². The van der Waals surface area contributed by atoms with Crippen molar-refractivity contribution >= 4 is 24.7 Å². The zero-order valence-corrected chi connectivity index (χ0v) is 13.4. The largest absolute Gasteiger partial charge is 0.466 e. The first-order chi connectivity index (χ1) is 10.9. The van der Waals surface area contributed by atoms with Crippen molar-refractivity contribution in [2.24, 2.45) is 0 Å². The highest BCUT2D eigenvalue weighted by atomic mass is 32.1. The van der Waals surface area contributed by atoms with Gasteiger partial charge in [-0.25, -0.2) is 13.6 Å². The van der Waals surface area contributed by atoms with Gasteiger partial charge >= 0.3 is 5.97 Å². The fraction of sp³-hybridized carbons (Fsp3) is 0.118. The van der Waals surface area contributed by atoms with Crippen LogP contribution >= 0.6 is 12.6 Å². The second kappa shape index (κ2) is 7.28. The van der Waals surface area contributed by atoms with Crippen LogP contribution in [-0.4, -0.2) is 13.1 Å². The highest BCUT2D eigenvalue weighted by Gasteiger charge is 2.14. The summed E-state index contributed by atoms with van der Waals surface area (Å²) in [5.41, 5.74) is 0.422. The highest BCUT2D eigenvalue weighted by molar-refractivity contribution is 7.80. The lowest BCUT2D eigenvalue weighted by atomic mass is 10.1. The average molecular weight is 336 g/mol. The van der Waals surface area contributed by atoms with E-state index in [0.717, 1.165) is 12.1 Å². The van der Waals surface area contributed by atoms with Crippen LogP contribution in [0.25, 0.3) is 6.08 Å². The molecule has 2 rings (SSSR count). The number of ether oxygens (including phenoxy) is 2. The summed E-state index contributed by atoms with van der Waals surface area (Å²) in [7, 11) is 1.23. The summed E-state index contributed by atoms with van der Waals surface area (Å²) in [5.74, 6) is -2.54. The van der Waals surface area contributed by atoms with E-state index in [1.54, 1.807) is 24.3 Å². The number of halogens is 2. The predicted molar refractivity (Wildman–Crippen MR) is 85.8 cm³/mol. The third-order valence-corrected chi connectivity index (χ3v) is 3.27. The molecule has 0 spiro atoms. The van der Waals surface area contributed by atoms with Crippen molar-refractivity contribution in [1.29, 1.82) is 0 Å². The zero-order valence-electron chi connectivity index (χ0n) is 12.5. The Bertz CT molecular complexity index is 732. The summed E-state index contributed by atoms with van der Waals surface area (Å²) in [6.45, 7) is 1.49. The Kier molecular flexibility index (Phi) is 5.39. The Morgan fingerprint density at radius 3 is 2.22 bits per heavy atom. The van der Waals surface area contributed by atoms with Crippen LogP contribution in [0.15, 0.2) is 46.9 Å². The summed E-state index contributed by atoms with van der Waals surface area (Å²) in [5, 5.41) is 0. The maximum Gasteiger partial charge on any atom is 0.333 e. The molecule has 0 aliphatic carbocycles. The van der Waals surface area contributed by atoms with E-state index in [2.05, 4.69) is 17.4 Å². The Morgan fingerprint density at radius 2 is 1.70 bits per heavy atom. The van der Waals surface area contributed by atoms with Gasteiger partial charge < -0.3 is 9.47 Å². The van der Waals surface area contributed by atoms with Gasteiger partial charge in [0, 0.05) is 10.5 Å². The van der Waals surface area contributed by atoms with E-state index in [4.69, 9.17) is 4.74 Å². The monoisotopic (exact) mass is 336 g/mol. The van der Waals surface area contributed by atoms with E-state index < -0.39 is 23.4 Å². The average Bonchev–Trinajstić information content (AvgIpc) is 2.51. The van der Waals surface area contributed by atoms with Crippen LogP contribution in [0, 0.1) is 11.6 Å². The smallest absolute Gasteiger partial charge is 0.333 e. The Morgan fingerprint density at radius 1 is 1.13 bits per heavy atom. The maximum atomic E-state index is 14.1. The molecule has 0 amide bonds. The lowest BCUT2D eigenvalue weighted by molar-refractivity contribution is -0.135. The first kappa shape index (κ1) is 17.0. The summed E-state index contributed by atoms with van der Waals surface area (Å²) < 4.78 is 37.9. The van der Waals surface area contributed by atoms with Crippen LogP contribution in [0.4, 0.5) is 8.78 Å². The van der Waals surface area contributed by atoms with Crippen LogP contribution in [0.5, 0.6) is 11.5 Å².